The molecular weight excluding hydrogens is 230 g/mol. The molecule has 1 aromatic rings. The molecule has 4 N–H and O–H groups in total. The molecule has 0 aromatic heterocycles. The summed E-state index contributed by atoms with van der Waals surface area (Å²) in [5, 5.41) is 5.92. The maximum Gasteiger partial charge on any atom is 0.312 e. The monoisotopic (exact) mass is 251 g/mol. The molecule has 0 spiro atoms. The first-order valence-corrected chi connectivity index (χ1v) is 6.08. The largest absolute Gasteiger partial charge is 0.496 e. The Bertz CT molecular complexity index is 382. The molecule has 2 amide bonds. The van der Waals surface area contributed by atoms with E-state index in [9.17, 15) is 4.79 Å². The topological polar surface area (TPSA) is 76.4 Å². The van der Waals surface area contributed by atoms with Crippen LogP contribution in [0.5, 0.6) is 5.75 Å². The highest BCUT2D eigenvalue weighted by atomic mass is 16.5. The Hall–Kier alpha value is -1.75. The maximum atomic E-state index is 10.5. The first-order valence-electron chi connectivity index (χ1n) is 6.08. The van der Waals surface area contributed by atoms with E-state index in [1.54, 1.807) is 7.11 Å². The maximum absolute atomic E-state index is 10.5. The molecule has 0 radical (unpaired) electrons. The highest BCUT2D eigenvalue weighted by molar-refractivity contribution is 5.71. The number of nitrogens with one attached hydrogen (secondary N) is 2. The lowest BCUT2D eigenvalue weighted by molar-refractivity contribution is 0.248. The van der Waals surface area contributed by atoms with Gasteiger partial charge in [-0.3, -0.25) is 0 Å². The van der Waals surface area contributed by atoms with Crippen molar-refractivity contribution in [3.05, 3.63) is 29.8 Å². The molecule has 1 atom stereocenters. The number of hydrogen-bond donors (Lipinski definition) is 3. The Morgan fingerprint density at radius 2 is 2.11 bits per heavy atom. The van der Waals surface area contributed by atoms with Crippen molar-refractivity contribution in [2.75, 3.05) is 20.2 Å². The van der Waals surface area contributed by atoms with Crippen LogP contribution < -0.4 is 21.1 Å². The number of amides is 2. The van der Waals surface area contributed by atoms with Crippen LogP contribution in [0.15, 0.2) is 24.3 Å². The van der Waals surface area contributed by atoms with Gasteiger partial charge in [0.1, 0.15) is 5.75 Å². The zero-order valence-corrected chi connectivity index (χ0v) is 10.9. The van der Waals surface area contributed by atoms with Crippen LogP contribution in [0.2, 0.25) is 0 Å². The Balaban J connectivity index is 2.57. The number of carbonyl (C=O) groups excluding carboxylic acids is 1. The van der Waals surface area contributed by atoms with Gasteiger partial charge in [0.15, 0.2) is 0 Å². The zero-order chi connectivity index (χ0) is 13.4. The molecule has 0 fully saturated rings. The quantitative estimate of drug-likeness (QED) is 0.641. The Kier molecular flexibility index (Phi) is 6.00. The second-order valence-electron chi connectivity index (χ2n) is 3.95. The second-order valence-corrected chi connectivity index (χ2v) is 3.95. The van der Waals surface area contributed by atoms with Crippen LogP contribution in [-0.2, 0) is 0 Å². The van der Waals surface area contributed by atoms with E-state index >= 15 is 0 Å². The number of hydrogen-bond acceptors (Lipinski definition) is 3. The van der Waals surface area contributed by atoms with Gasteiger partial charge in [0.05, 0.1) is 7.11 Å². The fourth-order valence-corrected chi connectivity index (χ4v) is 1.86. The summed E-state index contributed by atoms with van der Waals surface area (Å²) in [6.45, 7) is 3.28. The third-order valence-corrected chi connectivity index (χ3v) is 2.74. The number of rotatable bonds is 7. The van der Waals surface area contributed by atoms with Gasteiger partial charge >= 0.3 is 6.03 Å². The third kappa shape index (κ3) is 4.25. The van der Waals surface area contributed by atoms with E-state index in [2.05, 4.69) is 17.6 Å². The minimum atomic E-state index is -0.498. The van der Waals surface area contributed by atoms with E-state index < -0.39 is 6.03 Å². The standard InChI is InChI=1S/C13H21N3O2/c1-3-11(15-8-9-16-13(14)17)10-6-4-5-7-12(10)18-2/h4-7,11,15H,3,8-9H2,1-2H3,(H3,14,16,17). The Labute approximate surface area is 108 Å². The van der Waals surface area contributed by atoms with Crippen molar-refractivity contribution in [3.8, 4) is 5.75 Å². The van der Waals surface area contributed by atoms with Gasteiger partial charge in [0.2, 0.25) is 0 Å². The average Bonchev–Trinajstić information content (AvgIpc) is 2.38. The molecule has 5 nitrogen and oxygen atoms in total. The van der Waals surface area contributed by atoms with Crippen LogP contribution in [0.1, 0.15) is 24.9 Å². The minimum absolute atomic E-state index is 0.204. The first-order chi connectivity index (χ1) is 8.69. The van der Waals surface area contributed by atoms with Gasteiger partial charge in [-0.15, -0.1) is 0 Å². The molecule has 1 unspecified atom stereocenters. The molecule has 1 aromatic carbocycles. The number of benzene rings is 1. The van der Waals surface area contributed by atoms with Crippen molar-refractivity contribution in [2.24, 2.45) is 5.73 Å². The molecule has 18 heavy (non-hydrogen) atoms. The van der Waals surface area contributed by atoms with Crippen LogP contribution >= 0.6 is 0 Å². The summed E-state index contributed by atoms with van der Waals surface area (Å²) in [4.78, 5) is 10.5. The summed E-state index contributed by atoms with van der Waals surface area (Å²) in [5.74, 6) is 0.875. The van der Waals surface area contributed by atoms with E-state index in [-0.39, 0.29) is 6.04 Å². The zero-order valence-electron chi connectivity index (χ0n) is 10.9. The summed E-state index contributed by atoms with van der Waals surface area (Å²) < 4.78 is 5.34. The molecule has 1 rings (SSSR count). The Morgan fingerprint density at radius 3 is 2.72 bits per heavy atom. The molecule has 5 heteroatoms. The molecule has 0 aliphatic carbocycles. The van der Waals surface area contributed by atoms with Gasteiger partial charge in [0.25, 0.3) is 0 Å². The lowest BCUT2D eigenvalue weighted by atomic mass is 10.0. The fourth-order valence-electron chi connectivity index (χ4n) is 1.86. The van der Waals surface area contributed by atoms with Crippen molar-refractivity contribution in [2.45, 2.75) is 19.4 Å². The van der Waals surface area contributed by atoms with Crippen molar-refractivity contribution in [1.29, 1.82) is 0 Å². The lowest BCUT2D eigenvalue weighted by Crippen LogP contribution is -2.36. The van der Waals surface area contributed by atoms with Gasteiger partial charge in [-0.25, -0.2) is 4.79 Å². The van der Waals surface area contributed by atoms with Crippen molar-refractivity contribution in [1.82, 2.24) is 10.6 Å². The number of urea groups is 1. The normalized spacial score (nSPS) is 11.9. The van der Waals surface area contributed by atoms with Gasteiger partial charge in [-0.1, -0.05) is 25.1 Å². The summed E-state index contributed by atoms with van der Waals surface area (Å²) in [5.41, 5.74) is 6.13. The summed E-state index contributed by atoms with van der Waals surface area (Å²) in [7, 11) is 1.67. The smallest absolute Gasteiger partial charge is 0.312 e. The van der Waals surface area contributed by atoms with Crippen molar-refractivity contribution < 1.29 is 9.53 Å². The molecule has 0 aliphatic rings. The van der Waals surface area contributed by atoms with Crippen molar-refractivity contribution >= 4 is 6.03 Å². The number of para-hydroxylation sites is 1. The van der Waals surface area contributed by atoms with E-state index in [0.717, 1.165) is 17.7 Å². The molecule has 0 saturated heterocycles. The molecule has 0 bridgehead atoms. The number of carbonyl (C=O) groups is 1. The molecule has 0 heterocycles. The highest BCUT2D eigenvalue weighted by Crippen LogP contribution is 2.26. The summed E-state index contributed by atoms with van der Waals surface area (Å²) >= 11 is 0. The summed E-state index contributed by atoms with van der Waals surface area (Å²) in [6, 6.07) is 7.63. The Morgan fingerprint density at radius 1 is 1.39 bits per heavy atom. The van der Waals surface area contributed by atoms with Gasteiger partial charge in [0, 0.05) is 24.7 Å². The van der Waals surface area contributed by atoms with Gasteiger partial charge in [-0.2, -0.15) is 0 Å². The predicted octanol–water partition coefficient (Wildman–Crippen LogP) is 1.40. The van der Waals surface area contributed by atoms with E-state index in [4.69, 9.17) is 10.5 Å². The van der Waals surface area contributed by atoms with Crippen LogP contribution in [-0.4, -0.2) is 26.2 Å². The third-order valence-electron chi connectivity index (χ3n) is 2.74. The van der Waals surface area contributed by atoms with E-state index in [1.165, 1.54) is 0 Å². The van der Waals surface area contributed by atoms with Crippen LogP contribution in [0, 0.1) is 0 Å². The molecule has 0 aliphatic heterocycles. The number of ether oxygens (including phenoxy) is 1. The van der Waals surface area contributed by atoms with E-state index in [1.807, 2.05) is 24.3 Å². The number of methoxy groups -OCH3 is 1. The molecule has 100 valence electrons. The van der Waals surface area contributed by atoms with E-state index in [0.29, 0.717) is 13.1 Å². The second kappa shape index (κ2) is 7.55. The fraction of sp³-hybridized carbons (Fsp3) is 0.462. The first kappa shape index (κ1) is 14.3. The van der Waals surface area contributed by atoms with Crippen LogP contribution in [0.4, 0.5) is 4.79 Å². The van der Waals surface area contributed by atoms with Crippen LogP contribution in [0.3, 0.4) is 0 Å². The molecular formula is C13H21N3O2. The molecule has 0 saturated carbocycles. The summed E-state index contributed by atoms with van der Waals surface area (Å²) in [6.07, 6.45) is 0.941. The van der Waals surface area contributed by atoms with Crippen LogP contribution in [0.25, 0.3) is 0 Å². The van der Waals surface area contributed by atoms with Gasteiger partial charge < -0.3 is 21.1 Å². The average molecular weight is 251 g/mol. The van der Waals surface area contributed by atoms with Crippen molar-refractivity contribution in [3.63, 3.8) is 0 Å². The predicted molar refractivity (Wildman–Crippen MR) is 71.6 cm³/mol. The highest BCUT2D eigenvalue weighted by Gasteiger charge is 2.12. The SMILES string of the molecule is CCC(NCCNC(N)=O)c1ccccc1OC. The lowest BCUT2D eigenvalue weighted by Gasteiger charge is -2.19. The number of nitrogens with two attached hydrogens (primary N) is 1. The number of primary amides is 1. The van der Waals surface area contributed by atoms with Gasteiger partial charge in [-0.05, 0) is 12.5 Å². The minimum Gasteiger partial charge on any atom is -0.496 e.